The number of ether oxygens (including phenoxy) is 1. The monoisotopic (exact) mass is 282 g/mol. The maximum atomic E-state index is 5.95. The minimum absolute atomic E-state index is 0.644. The maximum absolute atomic E-state index is 5.95. The number of fused-ring (bicyclic) bond motifs is 1. The topological polar surface area (TPSA) is 65.4 Å². The Morgan fingerprint density at radius 2 is 1.86 bits per heavy atom. The van der Waals surface area contributed by atoms with E-state index in [1.165, 1.54) is 0 Å². The lowest BCUT2D eigenvalue weighted by Crippen LogP contribution is -2.01. The summed E-state index contributed by atoms with van der Waals surface area (Å²) in [6, 6.07) is 11.9. The van der Waals surface area contributed by atoms with Gasteiger partial charge in [-0.3, -0.25) is 4.40 Å². The lowest BCUT2D eigenvalue weighted by molar-refractivity contribution is 0.340. The molecule has 2 heterocycles. The van der Waals surface area contributed by atoms with E-state index in [1.807, 2.05) is 54.6 Å². The van der Waals surface area contributed by atoms with E-state index < -0.39 is 0 Å². The summed E-state index contributed by atoms with van der Waals surface area (Å²) in [4.78, 5) is 0. The van der Waals surface area contributed by atoms with Crippen LogP contribution in [0.15, 0.2) is 36.4 Å². The first-order chi connectivity index (χ1) is 10.2. The zero-order chi connectivity index (χ0) is 14.8. The van der Waals surface area contributed by atoms with Gasteiger partial charge in [0.2, 0.25) is 0 Å². The highest BCUT2D eigenvalue weighted by atomic mass is 16.5. The second-order valence-electron chi connectivity index (χ2n) is 4.96. The number of benzene rings is 1. The fraction of sp³-hybridized carbons (Fsp3) is 0.250. The van der Waals surface area contributed by atoms with Gasteiger partial charge in [0, 0.05) is 12.1 Å². The molecule has 5 nitrogen and oxygen atoms in total. The van der Waals surface area contributed by atoms with Gasteiger partial charge in [-0.2, -0.15) is 0 Å². The third-order valence-corrected chi connectivity index (χ3v) is 3.44. The molecular formula is C16H18N4O. The molecule has 108 valence electrons. The average Bonchev–Trinajstić information content (AvgIpc) is 2.90. The SMILES string of the molecule is CCOc1ccc(Cc2nnc3c(N)ccc(C)n23)cc1. The molecule has 0 unspecified atom stereocenters. The first-order valence-corrected chi connectivity index (χ1v) is 7.00. The second kappa shape index (κ2) is 5.44. The van der Waals surface area contributed by atoms with Crippen LogP contribution in [0.2, 0.25) is 0 Å². The number of nitrogen functional groups attached to an aromatic ring is 1. The van der Waals surface area contributed by atoms with E-state index in [9.17, 15) is 0 Å². The zero-order valence-electron chi connectivity index (χ0n) is 12.2. The molecule has 2 N–H and O–H groups in total. The van der Waals surface area contributed by atoms with Crippen LogP contribution >= 0.6 is 0 Å². The summed E-state index contributed by atoms with van der Waals surface area (Å²) in [5.41, 5.74) is 9.54. The van der Waals surface area contributed by atoms with Crippen LogP contribution in [0.1, 0.15) is 24.0 Å². The molecule has 3 rings (SSSR count). The van der Waals surface area contributed by atoms with Gasteiger partial charge in [0.05, 0.1) is 12.3 Å². The predicted molar refractivity (Wildman–Crippen MR) is 82.6 cm³/mol. The van der Waals surface area contributed by atoms with E-state index in [4.69, 9.17) is 10.5 Å². The van der Waals surface area contributed by atoms with Crippen molar-refractivity contribution in [2.75, 3.05) is 12.3 Å². The van der Waals surface area contributed by atoms with Crippen LogP contribution in [-0.2, 0) is 6.42 Å². The van der Waals surface area contributed by atoms with Crippen LogP contribution in [0, 0.1) is 6.92 Å². The van der Waals surface area contributed by atoms with E-state index in [1.54, 1.807) is 0 Å². The Labute approximate surface area is 123 Å². The summed E-state index contributed by atoms with van der Waals surface area (Å²) in [5.74, 6) is 1.77. The first kappa shape index (κ1) is 13.4. The summed E-state index contributed by atoms with van der Waals surface area (Å²) >= 11 is 0. The standard InChI is InChI=1S/C16H18N4O/c1-3-21-13-7-5-12(6-8-13)10-15-18-19-16-14(17)9-4-11(2)20(15)16/h4-9H,3,10,17H2,1-2H3. The molecule has 0 saturated heterocycles. The molecule has 3 aromatic rings. The zero-order valence-corrected chi connectivity index (χ0v) is 12.2. The number of nitrogens with two attached hydrogens (primary N) is 1. The molecule has 0 amide bonds. The Morgan fingerprint density at radius 3 is 2.57 bits per heavy atom. The smallest absolute Gasteiger partial charge is 0.184 e. The number of nitrogens with zero attached hydrogens (tertiary/aromatic N) is 3. The van der Waals surface area contributed by atoms with Crippen molar-refractivity contribution in [3.63, 3.8) is 0 Å². The molecule has 0 bridgehead atoms. The van der Waals surface area contributed by atoms with Crippen molar-refractivity contribution in [3.8, 4) is 5.75 Å². The lowest BCUT2D eigenvalue weighted by Gasteiger charge is -2.06. The molecule has 1 aromatic carbocycles. The molecule has 0 saturated carbocycles. The Bertz CT molecular complexity index is 762. The van der Waals surface area contributed by atoms with Gasteiger partial charge in [-0.1, -0.05) is 12.1 Å². The number of hydrogen-bond donors (Lipinski definition) is 1. The number of rotatable bonds is 4. The van der Waals surface area contributed by atoms with Crippen LogP contribution in [0.4, 0.5) is 5.69 Å². The number of anilines is 1. The van der Waals surface area contributed by atoms with Crippen LogP contribution in [0.25, 0.3) is 5.65 Å². The van der Waals surface area contributed by atoms with E-state index in [-0.39, 0.29) is 0 Å². The van der Waals surface area contributed by atoms with Crippen molar-refractivity contribution >= 4 is 11.3 Å². The molecule has 0 spiro atoms. The Balaban J connectivity index is 1.93. The minimum Gasteiger partial charge on any atom is -0.494 e. The van der Waals surface area contributed by atoms with Crippen LogP contribution < -0.4 is 10.5 Å². The van der Waals surface area contributed by atoms with Gasteiger partial charge >= 0.3 is 0 Å². The first-order valence-electron chi connectivity index (χ1n) is 7.00. The maximum Gasteiger partial charge on any atom is 0.184 e. The van der Waals surface area contributed by atoms with Crippen molar-refractivity contribution in [2.45, 2.75) is 20.3 Å². The molecule has 0 atom stereocenters. The Morgan fingerprint density at radius 1 is 1.10 bits per heavy atom. The van der Waals surface area contributed by atoms with Gasteiger partial charge in [0.1, 0.15) is 11.6 Å². The van der Waals surface area contributed by atoms with Crippen LogP contribution in [0.5, 0.6) is 5.75 Å². The quantitative estimate of drug-likeness (QED) is 0.799. The van der Waals surface area contributed by atoms with E-state index in [0.29, 0.717) is 18.7 Å². The summed E-state index contributed by atoms with van der Waals surface area (Å²) in [7, 11) is 0. The summed E-state index contributed by atoms with van der Waals surface area (Å²) in [6.07, 6.45) is 0.706. The highest BCUT2D eigenvalue weighted by molar-refractivity contribution is 5.64. The van der Waals surface area contributed by atoms with Gasteiger partial charge < -0.3 is 10.5 Å². The molecule has 0 fully saturated rings. The molecule has 21 heavy (non-hydrogen) atoms. The van der Waals surface area contributed by atoms with Crippen molar-refractivity contribution in [1.29, 1.82) is 0 Å². The fourth-order valence-corrected chi connectivity index (χ4v) is 2.40. The van der Waals surface area contributed by atoms with Crippen molar-refractivity contribution in [1.82, 2.24) is 14.6 Å². The van der Waals surface area contributed by atoms with Crippen molar-refractivity contribution in [2.24, 2.45) is 0 Å². The second-order valence-corrected chi connectivity index (χ2v) is 4.96. The van der Waals surface area contributed by atoms with Gasteiger partial charge in [0.25, 0.3) is 0 Å². The van der Waals surface area contributed by atoms with Crippen molar-refractivity contribution < 1.29 is 4.74 Å². The van der Waals surface area contributed by atoms with Crippen LogP contribution in [-0.4, -0.2) is 21.2 Å². The summed E-state index contributed by atoms with van der Waals surface area (Å²) in [6.45, 7) is 4.67. The van der Waals surface area contributed by atoms with Gasteiger partial charge in [-0.25, -0.2) is 0 Å². The number of pyridine rings is 1. The third kappa shape index (κ3) is 2.54. The summed E-state index contributed by atoms with van der Waals surface area (Å²) < 4.78 is 7.46. The minimum atomic E-state index is 0.644. The normalized spacial score (nSPS) is 11.0. The molecule has 2 aromatic heterocycles. The predicted octanol–water partition coefficient (Wildman–Crippen LogP) is 2.61. The molecule has 5 heteroatoms. The molecule has 0 radical (unpaired) electrons. The number of aromatic nitrogens is 3. The number of hydrogen-bond acceptors (Lipinski definition) is 4. The Hall–Kier alpha value is -2.56. The van der Waals surface area contributed by atoms with Crippen molar-refractivity contribution in [3.05, 3.63) is 53.5 Å². The highest BCUT2D eigenvalue weighted by Crippen LogP contribution is 2.18. The summed E-state index contributed by atoms with van der Waals surface area (Å²) in [5, 5.41) is 8.46. The molecular weight excluding hydrogens is 264 g/mol. The average molecular weight is 282 g/mol. The lowest BCUT2D eigenvalue weighted by atomic mass is 10.1. The molecule has 0 aliphatic heterocycles. The van der Waals surface area contributed by atoms with Gasteiger partial charge in [-0.05, 0) is 43.7 Å². The highest BCUT2D eigenvalue weighted by Gasteiger charge is 2.10. The number of aryl methyl sites for hydroxylation is 1. The third-order valence-electron chi connectivity index (χ3n) is 3.44. The van der Waals surface area contributed by atoms with E-state index in [0.717, 1.165) is 28.5 Å². The Kier molecular flexibility index (Phi) is 3.48. The van der Waals surface area contributed by atoms with Crippen LogP contribution in [0.3, 0.4) is 0 Å². The van der Waals surface area contributed by atoms with E-state index in [2.05, 4.69) is 10.2 Å². The largest absolute Gasteiger partial charge is 0.494 e. The van der Waals surface area contributed by atoms with Gasteiger partial charge in [-0.15, -0.1) is 10.2 Å². The van der Waals surface area contributed by atoms with Gasteiger partial charge in [0.15, 0.2) is 5.65 Å². The fourth-order valence-electron chi connectivity index (χ4n) is 2.40. The molecule has 0 aliphatic rings. The molecule has 0 aliphatic carbocycles. The van der Waals surface area contributed by atoms with E-state index >= 15 is 0 Å².